The van der Waals surface area contributed by atoms with Gasteiger partial charge in [-0.3, -0.25) is 0 Å². The van der Waals surface area contributed by atoms with Crippen LogP contribution in [-0.2, 0) is 13.0 Å². The second-order valence-corrected chi connectivity index (χ2v) is 8.28. The molecule has 0 radical (unpaired) electrons. The van der Waals surface area contributed by atoms with Crippen LogP contribution in [0.4, 0.5) is 5.82 Å². The van der Waals surface area contributed by atoms with Gasteiger partial charge in [0.1, 0.15) is 11.5 Å². The lowest BCUT2D eigenvalue weighted by atomic mass is 9.92. The number of nitrogens with two attached hydrogens (primary N) is 1. The van der Waals surface area contributed by atoms with Gasteiger partial charge in [-0.2, -0.15) is 5.10 Å². The maximum Gasteiger partial charge on any atom is 0.197 e. The first-order chi connectivity index (χ1) is 16.0. The van der Waals surface area contributed by atoms with Gasteiger partial charge in [0.15, 0.2) is 17.4 Å². The molecule has 0 bridgehead atoms. The molecule has 2 aromatic heterocycles. The van der Waals surface area contributed by atoms with Crippen molar-refractivity contribution in [1.82, 2.24) is 24.6 Å². The van der Waals surface area contributed by atoms with Crippen LogP contribution in [-0.4, -0.2) is 45.4 Å². The fraction of sp³-hybridized carbons (Fsp3) is 0.240. The van der Waals surface area contributed by atoms with E-state index in [1.54, 1.807) is 30.4 Å². The molecule has 2 N–H and O–H groups in total. The van der Waals surface area contributed by atoms with Crippen LogP contribution in [0.3, 0.4) is 0 Å². The van der Waals surface area contributed by atoms with Gasteiger partial charge >= 0.3 is 0 Å². The fourth-order valence-corrected chi connectivity index (χ4v) is 4.18. The third-order valence-electron chi connectivity index (χ3n) is 5.88. The minimum atomic E-state index is 0.296. The maximum absolute atomic E-state index is 6.16. The van der Waals surface area contributed by atoms with E-state index < -0.39 is 0 Å². The zero-order valence-electron chi connectivity index (χ0n) is 18.9. The average Bonchev–Trinajstić information content (AvgIpc) is 3.27. The number of aromatic nitrogens is 4. The molecule has 0 unspecified atom stereocenters. The van der Waals surface area contributed by atoms with E-state index in [1.165, 1.54) is 16.7 Å². The molecule has 1 aliphatic heterocycles. The number of likely N-dealkylation sites (N-methyl/N-ethyl adjacent to an activating group) is 1. The third kappa shape index (κ3) is 4.25. The molecule has 0 atom stereocenters. The number of methoxy groups -OCH3 is 1. The summed E-state index contributed by atoms with van der Waals surface area (Å²) in [6.07, 6.45) is 6.13. The molecule has 168 valence electrons. The second-order valence-electron chi connectivity index (χ2n) is 8.28. The number of hydrogen-bond donors (Lipinski definition) is 1. The highest BCUT2D eigenvalue weighted by atomic mass is 16.5. The van der Waals surface area contributed by atoms with Gasteiger partial charge in [0, 0.05) is 24.7 Å². The van der Waals surface area contributed by atoms with E-state index >= 15 is 0 Å². The van der Waals surface area contributed by atoms with Crippen LogP contribution < -0.4 is 15.2 Å². The van der Waals surface area contributed by atoms with E-state index in [0.29, 0.717) is 28.9 Å². The van der Waals surface area contributed by atoms with E-state index in [1.807, 2.05) is 24.3 Å². The van der Waals surface area contributed by atoms with Gasteiger partial charge < -0.3 is 20.1 Å². The molecule has 0 spiro atoms. The molecule has 5 rings (SSSR count). The first kappa shape index (κ1) is 21.0. The summed E-state index contributed by atoms with van der Waals surface area (Å²) in [5, 5.41) is 4.39. The number of ether oxygens (including phenoxy) is 2. The highest BCUT2D eigenvalue weighted by Crippen LogP contribution is 2.30. The number of rotatable bonds is 5. The van der Waals surface area contributed by atoms with Gasteiger partial charge in [0.2, 0.25) is 0 Å². The van der Waals surface area contributed by atoms with Crippen molar-refractivity contribution >= 4 is 5.82 Å². The molecule has 0 aliphatic carbocycles. The second kappa shape index (κ2) is 8.55. The molecule has 3 heterocycles. The summed E-state index contributed by atoms with van der Waals surface area (Å²) in [5.41, 5.74) is 12.0. The minimum absolute atomic E-state index is 0.296. The van der Waals surface area contributed by atoms with Gasteiger partial charge in [-0.25, -0.2) is 14.6 Å². The summed E-state index contributed by atoms with van der Waals surface area (Å²) in [4.78, 5) is 11.5. The first-order valence-electron chi connectivity index (χ1n) is 10.8. The zero-order valence-corrected chi connectivity index (χ0v) is 18.9. The van der Waals surface area contributed by atoms with Crippen LogP contribution in [0, 0.1) is 6.92 Å². The molecule has 33 heavy (non-hydrogen) atoms. The Morgan fingerprint density at radius 2 is 1.91 bits per heavy atom. The van der Waals surface area contributed by atoms with Gasteiger partial charge in [0.05, 0.1) is 31.4 Å². The Bertz CT molecular complexity index is 1320. The number of anilines is 1. The van der Waals surface area contributed by atoms with Crippen molar-refractivity contribution in [2.24, 2.45) is 0 Å². The summed E-state index contributed by atoms with van der Waals surface area (Å²) in [6, 6.07) is 11.8. The Kier molecular flexibility index (Phi) is 5.43. The summed E-state index contributed by atoms with van der Waals surface area (Å²) in [6.45, 7) is 4.18. The van der Waals surface area contributed by atoms with Gasteiger partial charge in [0.25, 0.3) is 0 Å². The topological polar surface area (TPSA) is 91.3 Å². The van der Waals surface area contributed by atoms with Crippen molar-refractivity contribution in [3.05, 3.63) is 71.7 Å². The Hall–Kier alpha value is -3.91. The van der Waals surface area contributed by atoms with Crippen molar-refractivity contribution in [3.63, 3.8) is 0 Å². The predicted molar refractivity (Wildman–Crippen MR) is 127 cm³/mol. The number of hydrogen-bond acceptors (Lipinski definition) is 7. The van der Waals surface area contributed by atoms with Crippen molar-refractivity contribution in [2.45, 2.75) is 19.9 Å². The number of benzene rings is 2. The molecule has 4 aromatic rings. The molecule has 8 nitrogen and oxygen atoms in total. The summed E-state index contributed by atoms with van der Waals surface area (Å²) >= 11 is 0. The summed E-state index contributed by atoms with van der Waals surface area (Å²) < 4.78 is 12.7. The highest BCUT2D eigenvalue weighted by Gasteiger charge is 2.18. The fourth-order valence-electron chi connectivity index (χ4n) is 4.18. The molecule has 0 fully saturated rings. The van der Waals surface area contributed by atoms with E-state index in [2.05, 4.69) is 41.1 Å². The number of fused-ring (bicyclic) bond motifs is 1. The van der Waals surface area contributed by atoms with Crippen LogP contribution >= 0.6 is 0 Å². The van der Waals surface area contributed by atoms with E-state index in [-0.39, 0.29) is 0 Å². The molecule has 0 saturated carbocycles. The largest absolute Gasteiger partial charge is 0.497 e. The van der Waals surface area contributed by atoms with Crippen molar-refractivity contribution in [2.75, 3.05) is 26.4 Å². The Labute approximate surface area is 192 Å². The predicted octanol–water partition coefficient (Wildman–Crippen LogP) is 4.01. The molecule has 0 saturated heterocycles. The van der Waals surface area contributed by atoms with Crippen molar-refractivity contribution in [1.29, 1.82) is 0 Å². The summed E-state index contributed by atoms with van der Waals surface area (Å²) in [5.74, 6) is 2.68. The maximum atomic E-state index is 6.16. The summed E-state index contributed by atoms with van der Waals surface area (Å²) in [7, 11) is 3.77. The third-order valence-corrected chi connectivity index (χ3v) is 5.88. The Morgan fingerprint density at radius 3 is 2.76 bits per heavy atom. The van der Waals surface area contributed by atoms with Crippen LogP contribution in [0.5, 0.6) is 17.2 Å². The lowest BCUT2D eigenvalue weighted by Crippen LogP contribution is -2.27. The van der Waals surface area contributed by atoms with Crippen LogP contribution in [0.2, 0.25) is 0 Å². The van der Waals surface area contributed by atoms with Crippen molar-refractivity contribution in [3.8, 4) is 34.3 Å². The number of nitrogen functional groups attached to an aromatic ring is 1. The van der Waals surface area contributed by atoms with Crippen molar-refractivity contribution < 1.29 is 9.47 Å². The molecule has 1 aliphatic rings. The Morgan fingerprint density at radius 1 is 1.06 bits per heavy atom. The SMILES string of the molecule is COc1cccc(Oc2cnn(-c3nc(-c4cc(C)c5c(c4)CN(C)CC5)cnc3N)c2)c1. The van der Waals surface area contributed by atoms with Crippen LogP contribution in [0.1, 0.15) is 16.7 Å². The normalized spacial score (nSPS) is 13.5. The quantitative estimate of drug-likeness (QED) is 0.499. The van der Waals surface area contributed by atoms with E-state index in [4.69, 9.17) is 20.2 Å². The lowest BCUT2D eigenvalue weighted by molar-refractivity contribution is 0.312. The molecule has 8 heteroatoms. The number of aryl methyl sites for hydroxylation is 1. The van der Waals surface area contributed by atoms with Crippen LogP contribution in [0.15, 0.2) is 55.0 Å². The smallest absolute Gasteiger partial charge is 0.197 e. The first-order valence-corrected chi connectivity index (χ1v) is 10.8. The van der Waals surface area contributed by atoms with Gasteiger partial charge in [-0.15, -0.1) is 0 Å². The lowest BCUT2D eigenvalue weighted by Gasteiger charge is -2.27. The molecule has 0 amide bonds. The van der Waals surface area contributed by atoms with E-state index in [0.717, 1.165) is 30.8 Å². The Balaban J connectivity index is 1.45. The highest BCUT2D eigenvalue weighted by molar-refractivity contribution is 5.65. The molecular weight excluding hydrogens is 416 g/mol. The van der Waals surface area contributed by atoms with Crippen LogP contribution in [0.25, 0.3) is 17.1 Å². The van der Waals surface area contributed by atoms with E-state index in [9.17, 15) is 0 Å². The zero-order chi connectivity index (χ0) is 22.9. The molecule has 2 aromatic carbocycles. The standard InChI is InChI=1S/C25H26N6O2/c1-16-9-17(10-18-14-30(2)8-7-22(16)18)23-13-27-24(26)25(29-23)31-15-21(12-28-31)33-20-6-4-5-19(11-20)32-3/h4-6,9-13,15H,7-8,14H2,1-3H3,(H2,26,27). The average molecular weight is 443 g/mol. The number of nitrogens with zero attached hydrogens (tertiary/aromatic N) is 5. The van der Waals surface area contributed by atoms with Gasteiger partial charge in [-0.05, 0) is 61.3 Å². The molecular formula is C25H26N6O2. The monoisotopic (exact) mass is 442 g/mol. The minimum Gasteiger partial charge on any atom is -0.497 e. The van der Waals surface area contributed by atoms with Gasteiger partial charge in [-0.1, -0.05) is 6.07 Å².